The predicted octanol–water partition coefficient (Wildman–Crippen LogP) is 3.26. The van der Waals surface area contributed by atoms with E-state index in [0.29, 0.717) is 15.9 Å². The van der Waals surface area contributed by atoms with Gasteiger partial charge >= 0.3 is 0 Å². The van der Waals surface area contributed by atoms with Crippen molar-refractivity contribution in [1.29, 1.82) is 0 Å². The van der Waals surface area contributed by atoms with Crippen LogP contribution in [0.15, 0.2) is 58.1 Å². The fourth-order valence-electron chi connectivity index (χ4n) is 3.18. The molecule has 0 spiro atoms. The van der Waals surface area contributed by atoms with Gasteiger partial charge in [0.15, 0.2) is 0 Å². The van der Waals surface area contributed by atoms with Crippen molar-refractivity contribution in [3.05, 3.63) is 102 Å². The lowest BCUT2D eigenvalue weighted by atomic mass is 9.87. The van der Waals surface area contributed by atoms with Gasteiger partial charge in [-0.15, -0.1) is 0 Å². The van der Waals surface area contributed by atoms with Crippen LogP contribution in [0.3, 0.4) is 0 Å². The van der Waals surface area contributed by atoms with Gasteiger partial charge in [0.1, 0.15) is 5.69 Å². The Kier molecular flexibility index (Phi) is 5.12. The third-order valence-electron chi connectivity index (χ3n) is 5.02. The van der Waals surface area contributed by atoms with Crippen molar-refractivity contribution in [2.24, 2.45) is 0 Å². The first kappa shape index (κ1) is 20.2. The number of nitrogens with zero attached hydrogens (tertiary/aromatic N) is 3. The van der Waals surface area contributed by atoms with Crippen molar-refractivity contribution in [3.8, 4) is 0 Å². The Morgan fingerprint density at radius 2 is 1.67 bits per heavy atom. The molecule has 0 N–H and O–H groups in total. The highest BCUT2D eigenvalue weighted by atomic mass is 32.1. The molecule has 0 amide bonds. The summed E-state index contributed by atoms with van der Waals surface area (Å²) in [5.41, 5.74) is 3.95. The molecular formula is C24H23N3O2S. The first-order valence-electron chi connectivity index (χ1n) is 9.81. The number of aromatic nitrogens is 3. The van der Waals surface area contributed by atoms with Crippen LogP contribution in [0.25, 0.3) is 11.0 Å². The van der Waals surface area contributed by atoms with Gasteiger partial charge in [-0.3, -0.25) is 9.59 Å². The van der Waals surface area contributed by atoms with Crippen LogP contribution < -0.4 is 15.7 Å². The first-order valence-corrected chi connectivity index (χ1v) is 10.6. The Morgan fingerprint density at radius 1 is 1.00 bits per heavy atom. The van der Waals surface area contributed by atoms with Gasteiger partial charge < -0.3 is 0 Å². The molecule has 0 aliphatic carbocycles. The van der Waals surface area contributed by atoms with Crippen molar-refractivity contribution in [3.63, 3.8) is 0 Å². The molecule has 4 aromatic rings. The molecule has 2 heterocycles. The lowest BCUT2D eigenvalue weighted by Gasteiger charge is -2.18. The van der Waals surface area contributed by atoms with E-state index >= 15 is 0 Å². The standard InChI is InChI=1S/C24H23N3O2S/c1-15-5-7-16(8-6-15)13-19-21(28)25-23-27(26-19)22(29)20(30-23)14-17-9-11-18(12-10-17)24(2,3)4/h5-12,14H,13H2,1-4H3/b20-14+. The summed E-state index contributed by atoms with van der Waals surface area (Å²) in [4.78, 5) is 29.7. The number of hydrogen-bond acceptors (Lipinski definition) is 5. The van der Waals surface area contributed by atoms with E-state index < -0.39 is 5.56 Å². The van der Waals surface area contributed by atoms with E-state index in [1.54, 1.807) is 0 Å². The van der Waals surface area contributed by atoms with Gasteiger partial charge in [0.25, 0.3) is 11.1 Å². The lowest BCUT2D eigenvalue weighted by Crippen LogP contribution is -2.28. The summed E-state index contributed by atoms with van der Waals surface area (Å²) < 4.78 is 1.75. The van der Waals surface area contributed by atoms with Gasteiger partial charge in [-0.2, -0.15) is 14.6 Å². The van der Waals surface area contributed by atoms with E-state index in [2.05, 4.69) is 43.0 Å². The predicted molar refractivity (Wildman–Crippen MR) is 121 cm³/mol. The largest absolute Gasteiger partial charge is 0.296 e. The van der Waals surface area contributed by atoms with Crippen molar-refractivity contribution < 1.29 is 0 Å². The number of benzene rings is 2. The highest BCUT2D eigenvalue weighted by Crippen LogP contribution is 2.22. The molecule has 0 atom stereocenters. The number of thiazole rings is 1. The third kappa shape index (κ3) is 4.09. The molecule has 0 fully saturated rings. The zero-order chi connectivity index (χ0) is 21.5. The summed E-state index contributed by atoms with van der Waals surface area (Å²) in [5.74, 6) is 0. The molecule has 5 nitrogen and oxygen atoms in total. The molecule has 0 saturated heterocycles. The van der Waals surface area contributed by atoms with Crippen molar-refractivity contribution >= 4 is 22.4 Å². The molecule has 0 saturated carbocycles. The number of rotatable bonds is 3. The van der Waals surface area contributed by atoms with E-state index in [0.717, 1.165) is 16.7 Å². The fourth-order valence-corrected chi connectivity index (χ4v) is 4.09. The van der Waals surface area contributed by atoms with Crippen molar-refractivity contribution in [2.45, 2.75) is 39.5 Å². The molecule has 0 aliphatic heterocycles. The Morgan fingerprint density at radius 3 is 2.30 bits per heavy atom. The highest BCUT2D eigenvalue weighted by Gasteiger charge is 2.14. The lowest BCUT2D eigenvalue weighted by molar-refractivity contribution is 0.590. The molecule has 0 aliphatic rings. The Hall–Kier alpha value is -3.12. The van der Waals surface area contributed by atoms with E-state index in [-0.39, 0.29) is 16.7 Å². The summed E-state index contributed by atoms with van der Waals surface area (Å²) in [6.45, 7) is 8.50. The summed E-state index contributed by atoms with van der Waals surface area (Å²) in [6, 6.07) is 16.0. The van der Waals surface area contributed by atoms with Crippen LogP contribution in [0.4, 0.5) is 0 Å². The number of hydrogen-bond donors (Lipinski definition) is 0. The summed E-state index contributed by atoms with van der Waals surface area (Å²) >= 11 is 1.18. The van der Waals surface area contributed by atoms with Crippen LogP contribution in [0, 0.1) is 6.92 Å². The smallest absolute Gasteiger partial charge is 0.266 e. The minimum Gasteiger partial charge on any atom is -0.266 e. The van der Waals surface area contributed by atoms with Crippen LogP contribution in [0.1, 0.15) is 48.7 Å². The quantitative estimate of drug-likeness (QED) is 0.513. The van der Waals surface area contributed by atoms with Gasteiger partial charge in [0.05, 0.1) is 4.53 Å². The molecule has 2 aromatic carbocycles. The maximum Gasteiger partial charge on any atom is 0.296 e. The van der Waals surface area contributed by atoms with Crippen molar-refractivity contribution in [1.82, 2.24) is 14.6 Å². The van der Waals surface area contributed by atoms with Crippen LogP contribution in [-0.2, 0) is 11.8 Å². The molecule has 0 unspecified atom stereocenters. The SMILES string of the molecule is Cc1ccc(Cc2nn3c(=O)/c(=C\c4ccc(C(C)(C)C)cc4)sc3nc2=O)cc1. The Bertz CT molecular complexity index is 1380. The van der Waals surface area contributed by atoms with Gasteiger partial charge in [0, 0.05) is 6.42 Å². The van der Waals surface area contributed by atoms with Gasteiger partial charge in [-0.05, 0) is 35.1 Å². The van der Waals surface area contributed by atoms with E-state index in [1.165, 1.54) is 21.4 Å². The molecule has 0 radical (unpaired) electrons. The molecule has 152 valence electrons. The summed E-state index contributed by atoms with van der Waals surface area (Å²) in [7, 11) is 0. The summed E-state index contributed by atoms with van der Waals surface area (Å²) in [5, 5.41) is 4.32. The first-order chi connectivity index (χ1) is 14.2. The summed E-state index contributed by atoms with van der Waals surface area (Å²) in [6.07, 6.45) is 2.16. The van der Waals surface area contributed by atoms with Gasteiger partial charge in [0.2, 0.25) is 4.96 Å². The van der Waals surface area contributed by atoms with E-state index in [4.69, 9.17) is 0 Å². The maximum atomic E-state index is 12.9. The Balaban J connectivity index is 1.73. The van der Waals surface area contributed by atoms with E-state index in [1.807, 2.05) is 49.4 Å². The minimum atomic E-state index is -0.391. The molecule has 4 rings (SSSR count). The van der Waals surface area contributed by atoms with Crippen LogP contribution >= 0.6 is 11.3 Å². The van der Waals surface area contributed by atoms with Crippen LogP contribution in [0.2, 0.25) is 0 Å². The maximum absolute atomic E-state index is 12.9. The minimum absolute atomic E-state index is 0.0713. The topological polar surface area (TPSA) is 64.3 Å². The zero-order valence-corrected chi connectivity index (χ0v) is 18.3. The fraction of sp³-hybridized carbons (Fsp3) is 0.250. The molecular weight excluding hydrogens is 394 g/mol. The highest BCUT2D eigenvalue weighted by molar-refractivity contribution is 7.15. The second-order valence-corrected chi connectivity index (χ2v) is 9.52. The number of fused-ring (bicyclic) bond motifs is 1. The van der Waals surface area contributed by atoms with Gasteiger partial charge in [-0.1, -0.05) is 86.2 Å². The molecule has 6 heteroatoms. The molecule has 0 bridgehead atoms. The van der Waals surface area contributed by atoms with E-state index in [9.17, 15) is 9.59 Å². The van der Waals surface area contributed by atoms with Gasteiger partial charge in [-0.25, -0.2) is 0 Å². The zero-order valence-electron chi connectivity index (χ0n) is 17.5. The average molecular weight is 418 g/mol. The number of aryl methyl sites for hydroxylation is 1. The van der Waals surface area contributed by atoms with Crippen LogP contribution in [0.5, 0.6) is 0 Å². The second kappa shape index (κ2) is 7.61. The normalized spacial score (nSPS) is 12.6. The Labute approximate surface area is 178 Å². The molecule has 2 aromatic heterocycles. The van der Waals surface area contributed by atoms with Crippen molar-refractivity contribution in [2.75, 3.05) is 0 Å². The van der Waals surface area contributed by atoms with Crippen LogP contribution in [-0.4, -0.2) is 14.6 Å². The molecule has 30 heavy (non-hydrogen) atoms. The second-order valence-electron chi connectivity index (χ2n) is 8.51. The average Bonchev–Trinajstić information content (AvgIpc) is 2.98. The monoisotopic (exact) mass is 417 g/mol. The third-order valence-corrected chi connectivity index (χ3v) is 5.98.